The van der Waals surface area contributed by atoms with Gasteiger partial charge >= 0.3 is 0 Å². The van der Waals surface area contributed by atoms with Crippen molar-refractivity contribution in [3.05, 3.63) is 35.6 Å². The van der Waals surface area contributed by atoms with Gasteiger partial charge in [-0.3, -0.25) is 0 Å². The van der Waals surface area contributed by atoms with E-state index in [1.807, 2.05) is 12.1 Å². The van der Waals surface area contributed by atoms with E-state index < -0.39 is 0 Å². The summed E-state index contributed by atoms with van der Waals surface area (Å²) in [5, 5.41) is 3.40. The van der Waals surface area contributed by atoms with Crippen LogP contribution in [0.3, 0.4) is 0 Å². The van der Waals surface area contributed by atoms with E-state index in [0.29, 0.717) is 6.10 Å². The zero-order valence-electron chi connectivity index (χ0n) is 11.7. The molecule has 3 heteroatoms. The molecule has 1 N–H and O–H groups in total. The molecule has 1 aliphatic carbocycles. The summed E-state index contributed by atoms with van der Waals surface area (Å²) < 4.78 is 19.2. The highest BCUT2D eigenvalue weighted by atomic mass is 19.1. The van der Waals surface area contributed by atoms with Crippen LogP contribution in [0.2, 0.25) is 0 Å². The lowest BCUT2D eigenvalue weighted by Crippen LogP contribution is -2.26. The minimum Gasteiger partial charge on any atom is -0.369 e. The topological polar surface area (TPSA) is 21.3 Å². The lowest BCUT2D eigenvalue weighted by molar-refractivity contribution is -0.00866. The molecule has 1 aromatic rings. The van der Waals surface area contributed by atoms with Crippen LogP contribution in [0.15, 0.2) is 24.3 Å². The molecular formula is C16H24FNO. The minimum atomic E-state index is -0.190. The van der Waals surface area contributed by atoms with E-state index in [0.717, 1.165) is 37.9 Å². The largest absolute Gasteiger partial charge is 0.369 e. The predicted octanol–water partition coefficient (Wildman–Crippen LogP) is 3.83. The van der Waals surface area contributed by atoms with Crippen LogP contribution in [0.25, 0.3) is 0 Å². The quantitative estimate of drug-likeness (QED) is 0.757. The Balaban J connectivity index is 1.97. The van der Waals surface area contributed by atoms with Gasteiger partial charge in [0.2, 0.25) is 0 Å². The first kappa shape index (κ1) is 14.5. The number of nitrogens with one attached hydrogen (secondary N) is 1. The smallest absolute Gasteiger partial charge is 0.123 e. The average molecular weight is 265 g/mol. The van der Waals surface area contributed by atoms with Gasteiger partial charge in [-0.15, -0.1) is 0 Å². The maximum Gasteiger partial charge on any atom is 0.123 e. The van der Waals surface area contributed by atoms with Crippen molar-refractivity contribution in [1.82, 2.24) is 5.32 Å². The number of hydrogen-bond donors (Lipinski definition) is 1. The highest BCUT2D eigenvalue weighted by molar-refractivity contribution is 5.19. The van der Waals surface area contributed by atoms with Gasteiger partial charge < -0.3 is 10.1 Å². The molecule has 0 aliphatic heterocycles. The third kappa shape index (κ3) is 4.59. The molecular weight excluding hydrogens is 241 g/mol. The summed E-state index contributed by atoms with van der Waals surface area (Å²) in [6.45, 7) is 3.94. The zero-order chi connectivity index (χ0) is 13.5. The van der Waals surface area contributed by atoms with Crippen molar-refractivity contribution in [2.24, 2.45) is 0 Å². The average Bonchev–Trinajstić information content (AvgIpc) is 2.92. The molecule has 19 heavy (non-hydrogen) atoms. The molecule has 0 spiro atoms. The van der Waals surface area contributed by atoms with Gasteiger partial charge in [0.05, 0.1) is 12.2 Å². The third-order valence-corrected chi connectivity index (χ3v) is 3.66. The molecule has 0 bridgehead atoms. The van der Waals surface area contributed by atoms with Gasteiger partial charge in [-0.25, -0.2) is 4.39 Å². The first-order valence-electron chi connectivity index (χ1n) is 7.41. The molecule has 1 aliphatic rings. The van der Waals surface area contributed by atoms with Crippen LogP contribution in [0.1, 0.15) is 50.7 Å². The lowest BCUT2D eigenvalue weighted by atomic mass is 10.1. The van der Waals surface area contributed by atoms with E-state index in [4.69, 9.17) is 4.74 Å². The van der Waals surface area contributed by atoms with E-state index in [1.165, 1.54) is 25.0 Å². The van der Waals surface area contributed by atoms with Gasteiger partial charge in [0.15, 0.2) is 0 Å². The maximum absolute atomic E-state index is 13.0. The van der Waals surface area contributed by atoms with Crippen LogP contribution >= 0.6 is 0 Å². The van der Waals surface area contributed by atoms with Crippen LogP contribution in [0.5, 0.6) is 0 Å². The van der Waals surface area contributed by atoms with Crippen LogP contribution in [-0.4, -0.2) is 19.2 Å². The Morgan fingerprint density at radius 2 is 1.95 bits per heavy atom. The van der Waals surface area contributed by atoms with Crippen molar-refractivity contribution < 1.29 is 9.13 Å². The van der Waals surface area contributed by atoms with Crippen molar-refractivity contribution >= 4 is 0 Å². The summed E-state index contributed by atoms with van der Waals surface area (Å²) in [7, 11) is 0. The summed E-state index contributed by atoms with van der Waals surface area (Å²) in [6, 6.07) is 6.70. The summed E-state index contributed by atoms with van der Waals surface area (Å²) in [6.07, 6.45) is 6.37. The summed E-state index contributed by atoms with van der Waals surface area (Å²) in [5.74, 6) is -0.190. The number of benzene rings is 1. The standard InChI is InChI=1S/C16H24FNO/c1-2-11-18-12-16(19-15-5-3-4-6-15)13-7-9-14(17)10-8-13/h7-10,15-16,18H,2-6,11-12H2,1H3. The summed E-state index contributed by atoms with van der Waals surface area (Å²) in [4.78, 5) is 0. The van der Waals surface area contributed by atoms with Crippen LogP contribution in [0.4, 0.5) is 4.39 Å². The molecule has 0 amide bonds. The minimum absolute atomic E-state index is 0.0373. The van der Waals surface area contributed by atoms with Crippen LogP contribution < -0.4 is 5.32 Å². The van der Waals surface area contributed by atoms with Gasteiger partial charge in [-0.2, -0.15) is 0 Å². The second kappa shape index (κ2) is 7.61. The predicted molar refractivity (Wildman–Crippen MR) is 75.6 cm³/mol. The maximum atomic E-state index is 13.0. The molecule has 2 nitrogen and oxygen atoms in total. The second-order valence-corrected chi connectivity index (χ2v) is 5.29. The first-order chi connectivity index (χ1) is 9.29. The number of hydrogen-bond acceptors (Lipinski definition) is 2. The number of halogens is 1. The third-order valence-electron chi connectivity index (χ3n) is 3.66. The second-order valence-electron chi connectivity index (χ2n) is 5.29. The fourth-order valence-electron chi connectivity index (χ4n) is 2.59. The molecule has 1 unspecified atom stereocenters. The monoisotopic (exact) mass is 265 g/mol. The number of rotatable bonds is 7. The zero-order valence-corrected chi connectivity index (χ0v) is 11.7. The molecule has 0 aromatic heterocycles. The Morgan fingerprint density at radius 1 is 1.26 bits per heavy atom. The van der Waals surface area contributed by atoms with E-state index in [-0.39, 0.29) is 11.9 Å². The Hall–Kier alpha value is -0.930. The van der Waals surface area contributed by atoms with Crippen LogP contribution in [0, 0.1) is 5.82 Å². The molecule has 0 radical (unpaired) electrons. The normalized spacial score (nSPS) is 17.8. The molecule has 106 valence electrons. The van der Waals surface area contributed by atoms with Gasteiger partial charge in [-0.05, 0) is 43.5 Å². The van der Waals surface area contributed by atoms with E-state index in [1.54, 1.807) is 0 Å². The lowest BCUT2D eigenvalue weighted by Gasteiger charge is -2.23. The van der Waals surface area contributed by atoms with Crippen LogP contribution in [-0.2, 0) is 4.74 Å². The van der Waals surface area contributed by atoms with Gasteiger partial charge in [0, 0.05) is 6.54 Å². The molecule has 0 saturated heterocycles. The Bertz CT molecular complexity index is 360. The molecule has 2 rings (SSSR count). The summed E-state index contributed by atoms with van der Waals surface area (Å²) in [5.41, 5.74) is 1.07. The number of ether oxygens (including phenoxy) is 1. The highest BCUT2D eigenvalue weighted by Gasteiger charge is 2.21. The summed E-state index contributed by atoms with van der Waals surface area (Å²) >= 11 is 0. The van der Waals surface area contributed by atoms with Gasteiger partial charge in [-0.1, -0.05) is 31.9 Å². The Kier molecular flexibility index (Phi) is 5.80. The fraction of sp³-hybridized carbons (Fsp3) is 0.625. The van der Waals surface area contributed by atoms with Crippen molar-refractivity contribution in [2.45, 2.75) is 51.2 Å². The SMILES string of the molecule is CCCNCC(OC1CCCC1)c1ccc(F)cc1. The van der Waals surface area contributed by atoms with Crippen molar-refractivity contribution in [2.75, 3.05) is 13.1 Å². The molecule has 1 fully saturated rings. The van der Waals surface area contributed by atoms with E-state index in [2.05, 4.69) is 12.2 Å². The van der Waals surface area contributed by atoms with Gasteiger partial charge in [0.25, 0.3) is 0 Å². The molecule has 1 aromatic carbocycles. The fourth-order valence-corrected chi connectivity index (χ4v) is 2.59. The van der Waals surface area contributed by atoms with Crippen molar-refractivity contribution in [3.8, 4) is 0 Å². The Morgan fingerprint density at radius 3 is 2.58 bits per heavy atom. The molecule has 0 heterocycles. The first-order valence-corrected chi connectivity index (χ1v) is 7.41. The van der Waals surface area contributed by atoms with E-state index in [9.17, 15) is 4.39 Å². The Labute approximate surface area is 115 Å². The van der Waals surface area contributed by atoms with Crippen molar-refractivity contribution in [3.63, 3.8) is 0 Å². The van der Waals surface area contributed by atoms with Gasteiger partial charge in [0.1, 0.15) is 5.82 Å². The molecule has 1 saturated carbocycles. The molecule has 1 atom stereocenters. The van der Waals surface area contributed by atoms with E-state index >= 15 is 0 Å². The van der Waals surface area contributed by atoms with Crippen molar-refractivity contribution in [1.29, 1.82) is 0 Å². The highest BCUT2D eigenvalue weighted by Crippen LogP contribution is 2.27.